The molecule has 2 N–H and O–H groups in total. The van der Waals surface area contributed by atoms with E-state index in [1.54, 1.807) is 30.3 Å². The number of nitrogens with two attached hydrogens (primary N) is 1. The summed E-state index contributed by atoms with van der Waals surface area (Å²) in [5.41, 5.74) is 6.68. The lowest BCUT2D eigenvalue weighted by molar-refractivity contribution is 0.632. The maximum atomic E-state index is 13.7. The van der Waals surface area contributed by atoms with E-state index in [-0.39, 0.29) is 0 Å². The second kappa shape index (κ2) is 4.32. The maximum Gasteiger partial charge on any atom is 0.133 e. The zero-order chi connectivity index (χ0) is 11.7. The molecule has 0 saturated heterocycles. The average molecular weight is 256 g/mol. The van der Waals surface area contributed by atoms with Crippen LogP contribution in [0.2, 0.25) is 10.0 Å². The van der Waals surface area contributed by atoms with Crippen LogP contribution in [-0.4, -0.2) is 0 Å². The number of hydrogen-bond donors (Lipinski definition) is 1. The molecular formula is C12H8Cl2FN. The molecule has 0 saturated carbocycles. The van der Waals surface area contributed by atoms with Crippen LogP contribution in [0.5, 0.6) is 0 Å². The minimum atomic E-state index is -0.435. The van der Waals surface area contributed by atoms with Crippen LogP contribution in [0.3, 0.4) is 0 Å². The van der Waals surface area contributed by atoms with Crippen molar-refractivity contribution in [2.45, 2.75) is 0 Å². The van der Waals surface area contributed by atoms with E-state index >= 15 is 0 Å². The van der Waals surface area contributed by atoms with Gasteiger partial charge in [0.25, 0.3) is 0 Å². The normalized spacial score (nSPS) is 10.4. The Kier molecular flexibility index (Phi) is 3.03. The molecule has 2 aromatic carbocycles. The molecule has 0 aromatic heterocycles. The van der Waals surface area contributed by atoms with Crippen LogP contribution in [0, 0.1) is 5.82 Å². The number of halogens is 3. The molecule has 2 rings (SSSR count). The van der Waals surface area contributed by atoms with Gasteiger partial charge in [0.1, 0.15) is 5.82 Å². The van der Waals surface area contributed by atoms with Crippen molar-refractivity contribution in [1.29, 1.82) is 0 Å². The highest BCUT2D eigenvalue weighted by Gasteiger charge is 2.12. The summed E-state index contributed by atoms with van der Waals surface area (Å²) in [5, 5.41) is 0.826. The Hall–Kier alpha value is -1.25. The van der Waals surface area contributed by atoms with E-state index in [1.165, 1.54) is 6.07 Å². The van der Waals surface area contributed by atoms with Crippen LogP contribution in [0.25, 0.3) is 11.1 Å². The number of rotatable bonds is 1. The Morgan fingerprint density at radius 2 is 1.62 bits per heavy atom. The first-order chi connectivity index (χ1) is 7.59. The summed E-state index contributed by atoms with van der Waals surface area (Å²) in [6.45, 7) is 0. The molecule has 0 unspecified atom stereocenters. The molecule has 0 bridgehead atoms. The number of benzene rings is 2. The van der Waals surface area contributed by atoms with E-state index < -0.39 is 5.82 Å². The molecule has 0 amide bonds. The number of nitrogen functional groups attached to an aromatic ring is 1. The van der Waals surface area contributed by atoms with Crippen molar-refractivity contribution in [3.8, 4) is 11.1 Å². The summed E-state index contributed by atoms with van der Waals surface area (Å²) < 4.78 is 13.7. The van der Waals surface area contributed by atoms with Crippen LogP contribution < -0.4 is 5.73 Å². The summed E-state index contributed by atoms with van der Waals surface area (Å²) in [6.07, 6.45) is 0. The summed E-state index contributed by atoms with van der Waals surface area (Å²) in [6, 6.07) is 9.46. The molecule has 0 aliphatic carbocycles. The Bertz CT molecular complexity index is 520. The molecule has 0 aliphatic rings. The second-order valence-electron chi connectivity index (χ2n) is 3.34. The van der Waals surface area contributed by atoms with E-state index in [4.69, 9.17) is 28.9 Å². The van der Waals surface area contributed by atoms with Gasteiger partial charge < -0.3 is 5.73 Å². The monoisotopic (exact) mass is 255 g/mol. The summed E-state index contributed by atoms with van der Waals surface area (Å²) in [7, 11) is 0. The van der Waals surface area contributed by atoms with Gasteiger partial charge in [-0.25, -0.2) is 4.39 Å². The first kappa shape index (κ1) is 11.2. The molecule has 0 aliphatic heterocycles. The van der Waals surface area contributed by atoms with Crippen LogP contribution in [0.15, 0.2) is 36.4 Å². The minimum absolute atomic E-state index is 0.352. The third kappa shape index (κ3) is 1.99. The van der Waals surface area contributed by atoms with Gasteiger partial charge in [-0.05, 0) is 30.3 Å². The van der Waals surface area contributed by atoms with Gasteiger partial charge in [-0.2, -0.15) is 0 Å². The van der Waals surface area contributed by atoms with Gasteiger partial charge in [0.2, 0.25) is 0 Å². The fourth-order valence-corrected chi connectivity index (χ4v) is 2.09. The minimum Gasteiger partial charge on any atom is -0.399 e. The lowest BCUT2D eigenvalue weighted by Gasteiger charge is -2.08. The Morgan fingerprint density at radius 3 is 2.19 bits per heavy atom. The van der Waals surface area contributed by atoms with Crippen molar-refractivity contribution in [2.75, 3.05) is 5.73 Å². The fraction of sp³-hybridized carbons (Fsp3) is 0. The molecule has 0 radical (unpaired) electrons. The fourth-order valence-electron chi connectivity index (χ4n) is 1.49. The molecule has 82 valence electrons. The largest absolute Gasteiger partial charge is 0.399 e. The molecule has 1 nitrogen and oxygen atoms in total. The lowest BCUT2D eigenvalue weighted by Crippen LogP contribution is -1.90. The highest BCUT2D eigenvalue weighted by molar-refractivity contribution is 6.39. The molecule has 2 aromatic rings. The summed E-state index contributed by atoms with van der Waals surface area (Å²) >= 11 is 12.0. The molecule has 16 heavy (non-hydrogen) atoms. The van der Waals surface area contributed by atoms with E-state index in [1.807, 2.05) is 0 Å². The van der Waals surface area contributed by atoms with E-state index in [0.29, 0.717) is 26.9 Å². The molecule has 0 heterocycles. The first-order valence-corrected chi connectivity index (χ1v) is 5.34. The van der Waals surface area contributed by atoms with Crippen LogP contribution >= 0.6 is 23.2 Å². The smallest absolute Gasteiger partial charge is 0.133 e. The topological polar surface area (TPSA) is 26.0 Å². The van der Waals surface area contributed by atoms with Crippen molar-refractivity contribution in [3.05, 3.63) is 52.3 Å². The van der Waals surface area contributed by atoms with E-state index in [0.717, 1.165) is 0 Å². The highest BCUT2D eigenvalue weighted by Crippen LogP contribution is 2.36. The molecule has 4 heteroatoms. The average Bonchev–Trinajstić information content (AvgIpc) is 2.20. The predicted octanol–water partition coefficient (Wildman–Crippen LogP) is 4.38. The summed E-state index contributed by atoms with van der Waals surface area (Å²) in [4.78, 5) is 0. The van der Waals surface area contributed by atoms with Crippen LogP contribution in [0.4, 0.5) is 10.1 Å². The molecule has 0 atom stereocenters. The van der Waals surface area contributed by atoms with Crippen molar-refractivity contribution in [3.63, 3.8) is 0 Å². The molecule has 0 spiro atoms. The van der Waals surface area contributed by atoms with Crippen molar-refractivity contribution in [2.24, 2.45) is 0 Å². The maximum absolute atomic E-state index is 13.7. The Morgan fingerprint density at radius 1 is 1.00 bits per heavy atom. The van der Waals surface area contributed by atoms with E-state index in [9.17, 15) is 4.39 Å². The van der Waals surface area contributed by atoms with Gasteiger partial charge in [0.05, 0.1) is 0 Å². The van der Waals surface area contributed by atoms with Crippen molar-refractivity contribution >= 4 is 28.9 Å². The van der Waals surface area contributed by atoms with Gasteiger partial charge in [-0.15, -0.1) is 0 Å². The van der Waals surface area contributed by atoms with E-state index in [2.05, 4.69) is 0 Å². The van der Waals surface area contributed by atoms with Gasteiger partial charge in [-0.3, -0.25) is 0 Å². The van der Waals surface area contributed by atoms with Gasteiger partial charge in [-0.1, -0.05) is 29.3 Å². The predicted molar refractivity (Wildman–Crippen MR) is 66.3 cm³/mol. The Labute approximate surface area is 103 Å². The van der Waals surface area contributed by atoms with Crippen molar-refractivity contribution < 1.29 is 4.39 Å². The number of anilines is 1. The number of hydrogen-bond acceptors (Lipinski definition) is 1. The summed E-state index contributed by atoms with van der Waals surface area (Å²) in [5.74, 6) is -0.435. The van der Waals surface area contributed by atoms with Crippen molar-refractivity contribution in [1.82, 2.24) is 0 Å². The lowest BCUT2D eigenvalue weighted by atomic mass is 10.0. The zero-order valence-electron chi connectivity index (χ0n) is 8.18. The molecular weight excluding hydrogens is 248 g/mol. The van der Waals surface area contributed by atoms with Crippen LogP contribution in [0.1, 0.15) is 0 Å². The van der Waals surface area contributed by atoms with Crippen LogP contribution in [-0.2, 0) is 0 Å². The first-order valence-electron chi connectivity index (χ1n) is 4.59. The third-order valence-electron chi connectivity index (χ3n) is 2.23. The zero-order valence-corrected chi connectivity index (χ0v) is 9.69. The quantitative estimate of drug-likeness (QED) is 0.752. The second-order valence-corrected chi connectivity index (χ2v) is 4.15. The van der Waals surface area contributed by atoms with Gasteiger partial charge >= 0.3 is 0 Å². The molecule has 0 fully saturated rings. The standard InChI is InChI=1S/C12H8Cl2FN/c13-9-2-1-3-10(14)12(9)8-5-4-7(16)6-11(8)15/h1-6H,16H2. The SMILES string of the molecule is Nc1ccc(-c2c(Cl)cccc2Cl)c(F)c1. The third-order valence-corrected chi connectivity index (χ3v) is 2.86. The highest BCUT2D eigenvalue weighted by atomic mass is 35.5. The van der Waals surface area contributed by atoms with Gasteiger partial charge in [0, 0.05) is 26.9 Å². The van der Waals surface area contributed by atoms with Gasteiger partial charge in [0.15, 0.2) is 0 Å². The Balaban J connectivity index is 2.68.